The molecule has 2 rings (SSSR count). The predicted molar refractivity (Wildman–Crippen MR) is 86.6 cm³/mol. The van der Waals surface area contributed by atoms with Crippen molar-refractivity contribution in [1.29, 1.82) is 0 Å². The van der Waals surface area contributed by atoms with E-state index in [-0.39, 0.29) is 5.91 Å². The summed E-state index contributed by atoms with van der Waals surface area (Å²) in [6, 6.07) is 11.6. The quantitative estimate of drug-likeness (QED) is 0.842. The summed E-state index contributed by atoms with van der Waals surface area (Å²) < 4.78 is 5.53. The van der Waals surface area contributed by atoms with Crippen LogP contribution in [0.5, 0.6) is 5.75 Å². The van der Waals surface area contributed by atoms with Crippen molar-refractivity contribution < 1.29 is 9.53 Å². The molecule has 0 fully saturated rings. The molecule has 0 radical (unpaired) electrons. The molecule has 0 spiro atoms. The van der Waals surface area contributed by atoms with Crippen molar-refractivity contribution >= 4 is 46.4 Å². The predicted octanol–water partition coefficient (Wildman–Crippen LogP) is 5.05. The van der Waals surface area contributed by atoms with Gasteiger partial charge in [-0.05, 0) is 49.4 Å². The largest absolute Gasteiger partial charge is 0.481 e. The molecule has 2 aromatic carbocycles. The van der Waals surface area contributed by atoms with E-state index in [4.69, 9.17) is 39.5 Å². The van der Waals surface area contributed by atoms with E-state index in [1.165, 1.54) is 0 Å². The van der Waals surface area contributed by atoms with Gasteiger partial charge in [0.2, 0.25) is 0 Å². The van der Waals surface area contributed by atoms with Crippen LogP contribution in [0.15, 0.2) is 42.5 Å². The average Bonchev–Trinajstić information content (AvgIpc) is 2.45. The van der Waals surface area contributed by atoms with Crippen LogP contribution in [0.1, 0.15) is 6.92 Å². The summed E-state index contributed by atoms with van der Waals surface area (Å²) in [4.78, 5) is 12.1. The summed E-state index contributed by atoms with van der Waals surface area (Å²) in [6.45, 7) is 1.64. The number of benzene rings is 2. The van der Waals surface area contributed by atoms with Gasteiger partial charge in [-0.2, -0.15) is 0 Å². The van der Waals surface area contributed by atoms with Gasteiger partial charge in [-0.15, -0.1) is 0 Å². The fourth-order valence-electron chi connectivity index (χ4n) is 1.60. The van der Waals surface area contributed by atoms with Crippen LogP contribution in [-0.2, 0) is 4.79 Å². The van der Waals surface area contributed by atoms with Crippen LogP contribution in [0.25, 0.3) is 0 Å². The highest BCUT2D eigenvalue weighted by Gasteiger charge is 2.16. The van der Waals surface area contributed by atoms with Crippen molar-refractivity contribution in [2.75, 3.05) is 5.32 Å². The van der Waals surface area contributed by atoms with Gasteiger partial charge in [-0.25, -0.2) is 0 Å². The van der Waals surface area contributed by atoms with Crippen molar-refractivity contribution in [3.8, 4) is 5.75 Å². The summed E-state index contributed by atoms with van der Waals surface area (Å²) in [6.07, 6.45) is -0.693. The SMILES string of the molecule is CC(Oc1ccc(Cl)cc1)C(=O)Nc1cc(Cl)ccc1Cl. The Labute approximate surface area is 137 Å². The Morgan fingerprint density at radius 3 is 2.33 bits per heavy atom. The third kappa shape index (κ3) is 4.53. The number of nitrogens with one attached hydrogen (secondary N) is 1. The number of amides is 1. The minimum absolute atomic E-state index is 0.325. The molecule has 2 aromatic rings. The van der Waals surface area contributed by atoms with E-state index in [1.807, 2.05) is 0 Å². The highest BCUT2D eigenvalue weighted by molar-refractivity contribution is 6.35. The number of hydrogen-bond acceptors (Lipinski definition) is 2. The second-order valence-corrected chi connectivity index (χ2v) is 5.61. The molecule has 110 valence electrons. The molecule has 1 N–H and O–H groups in total. The Hall–Kier alpha value is -1.42. The zero-order chi connectivity index (χ0) is 15.4. The maximum absolute atomic E-state index is 12.1. The number of halogens is 3. The van der Waals surface area contributed by atoms with E-state index in [1.54, 1.807) is 49.4 Å². The van der Waals surface area contributed by atoms with Gasteiger partial charge in [0, 0.05) is 10.0 Å². The molecule has 0 saturated heterocycles. The molecule has 6 heteroatoms. The van der Waals surface area contributed by atoms with Crippen molar-refractivity contribution in [3.05, 3.63) is 57.5 Å². The van der Waals surface area contributed by atoms with E-state index >= 15 is 0 Å². The first-order valence-corrected chi connectivity index (χ1v) is 7.27. The molecule has 0 aliphatic heterocycles. The molecule has 0 aliphatic carbocycles. The van der Waals surface area contributed by atoms with E-state index in [9.17, 15) is 4.79 Å². The van der Waals surface area contributed by atoms with Gasteiger partial charge in [0.1, 0.15) is 5.75 Å². The molecule has 1 amide bonds. The standard InChI is InChI=1S/C15H12Cl3NO2/c1-9(21-12-5-2-10(16)3-6-12)15(20)19-14-8-11(17)4-7-13(14)18/h2-9H,1H3,(H,19,20). The number of carbonyl (C=O) groups is 1. The molecule has 0 heterocycles. The monoisotopic (exact) mass is 343 g/mol. The average molecular weight is 345 g/mol. The first kappa shape index (κ1) is 16.0. The fraction of sp³-hybridized carbons (Fsp3) is 0.133. The molecule has 1 atom stereocenters. The maximum atomic E-state index is 12.1. The molecule has 3 nitrogen and oxygen atoms in total. The summed E-state index contributed by atoms with van der Waals surface area (Å²) in [5, 5.41) is 4.17. The fourth-order valence-corrected chi connectivity index (χ4v) is 2.06. The minimum atomic E-state index is -0.693. The minimum Gasteiger partial charge on any atom is -0.481 e. The van der Waals surface area contributed by atoms with Crippen LogP contribution in [0.3, 0.4) is 0 Å². The van der Waals surface area contributed by atoms with Crippen molar-refractivity contribution in [3.63, 3.8) is 0 Å². The maximum Gasteiger partial charge on any atom is 0.265 e. The Morgan fingerprint density at radius 1 is 1.05 bits per heavy atom. The highest BCUT2D eigenvalue weighted by atomic mass is 35.5. The molecule has 0 saturated carbocycles. The van der Waals surface area contributed by atoms with Crippen LogP contribution < -0.4 is 10.1 Å². The van der Waals surface area contributed by atoms with E-state index in [0.717, 1.165) is 0 Å². The summed E-state index contributed by atoms with van der Waals surface area (Å²) >= 11 is 17.7. The zero-order valence-electron chi connectivity index (χ0n) is 11.1. The summed E-state index contributed by atoms with van der Waals surface area (Å²) in [7, 11) is 0. The Morgan fingerprint density at radius 2 is 1.67 bits per heavy atom. The summed E-state index contributed by atoms with van der Waals surface area (Å²) in [5.74, 6) is 0.230. The Bertz CT molecular complexity index is 644. The van der Waals surface area contributed by atoms with Gasteiger partial charge in [-0.3, -0.25) is 4.79 Å². The van der Waals surface area contributed by atoms with Gasteiger partial charge in [-0.1, -0.05) is 34.8 Å². The Balaban J connectivity index is 2.02. The van der Waals surface area contributed by atoms with Gasteiger partial charge >= 0.3 is 0 Å². The van der Waals surface area contributed by atoms with Crippen molar-refractivity contribution in [2.45, 2.75) is 13.0 Å². The smallest absolute Gasteiger partial charge is 0.265 e. The number of carbonyl (C=O) groups excluding carboxylic acids is 1. The molecular formula is C15H12Cl3NO2. The molecule has 1 unspecified atom stereocenters. The van der Waals surface area contributed by atoms with E-state index < -0.39 is 6.10 Å². The molecule has 21 heavy (non-hydrogen) atoms. The van der Waals surface area contributed by atoms with E-state index in [2.05, 4.69) is 5.32 Å². The third-order valence-corrected chi connectivity index (χ3v) is 3.50. The summed E-state index contributed by atoms with van der Waals surface area (Å²) in [5.41, 5.74) is 0.445. The van der Waals surface area contributed by atoms with Crippen molar-refractivity contribution in [2.24, 2.45) is 0 Å². The first-order chi connectivity index (χ1) is 9.95. The number of anilines is 1. The lowest BCUT2D eigenvalue weighted by molar-refractivity contribution is -0.122. The first-order valence-electron chi connectivity index (χ1n) is 6.14. The van der Waals surface area contributed by atoms with Crippen LogP contribution in [-0.4, -0.2) is 12.0 Å². The Kier molecular flexibility index (Phi) is 5.34. The normalized spacial score (nSPS) is 11.8. The number of ether oxygens (including phenoxy) is 1. The zero-order valence-corrected chi connectivity index (χ0v) is 13.3. The van der Waals surface area contributed by atoms with Gasteiger partial charge < -0.3 is 10.1 Å². The lowest BCUT2D eigenvalue weighted by Gasteiger charge is -2.15. The van der Waals surface area contributed by atoms with Crippen LogP contribution in [0.4, 0.5) is 5.69 Å². The second-order valence-electron chi connectivity index (χ2n) is 4.33. The molecular weight excluding hydrogens is 333 g/mol. The molecule has 0 aromatic heterocycles. The van der Waals surface area contributed by atoms with Crippen LogP contribution in [0, 0.1) is 0 Å². The highest BCUT2D eigenvalue weighted by Crippen LogP contribution is 2.25. The topological polar surface area (TPSA) is 38.3 Å². The van der Waals surface area contributed by atoms with Crippen LogP contribution in [0.2, 0.25) is 15.1 Å². The lowest BCUT2D eigenvalue weighted by atomic mass is 10.3. The molecule has 0 bridgehead atoms. The molecule has 0 aliphatic rings. The number of hydrogen-bond donors (Lipinski definition) is 1. The van der Waals surface area contributed by atoms with Crippen LogP contribution >= 0.6 is 34.8 Å². The lowest BCUT2D eigenvalue weighted by Crippen LogP contribution is -2.30. The second kappa shape index (κ2) is 7.03. The third-order valence-electron chi connectivity index (χ3n) is 2.68. The van der Waals surface area contributed by atoms with Crippen molar-refractivity contribution in [1.82, 2.24) is 0 Å². The van der Waals surface area contributed by atoms with Gasteiger partial charge in [0.05, 0.1) is 10.7 Å². The van der Waals surface area contributed by atoms with Gasteiger partial charge in [0.15, 0.2) is 6.10 Å². The van der Waals surface area contributed by atoms with Gasteiger partial charge in [0.25, 0.3) is 5.91 Å². The number of rotatable bonds is 4. The van der Waals surface area contributed by atoms with E-state index in [0.29, 0.717) is 26.5 Å².